The molecule has 0 amide bonds. The largest absolute Gasteiger partial charge is 0.358 e. The van der Waals surface area contributed by atoms with E-state index in [1.807, 2.05) is 0 Å². The van der Waals surface area contributed by atoms with Crippen molar-refractivity contribution in [3.8, 4) is 0 Å². The Hall–Kier alpha value is -1.82. The van der Waals surface area contributed by atoms with Crippen LogP contribution < -0.4 is 0 Å². The quantitative estimate of drug-likeness (QED) is 0.707. The fourth-order valence-electron chi connectivity index (χ4n) is 3.66. The van der Waals surface area contributed by atoms with Crippen molar-refractivity contribution in [2.45, 2.75) is 30.6 Å². The summed E-state index contributed by atoms with van der Waals surface area (Å²) in [6, 6.07) is 15.0. The number of H-pyrrole nitrogens is 1. The first-order valence-electron chi connectivity index (χ1n) is 8.78. The van der Waals surface area contributed by atoms with Crippen molar-refractivity contribution >= 4 is 32.5 Å². The molecule has 1 fully saturated rings. The monoisotopic (exact) mass is 388 g/mol. The Labute approximate surface area is 158 Å². The van der Waals surface area contributed by atoms with Gasteiger partial charge in [0.15, 0.2) is 0 Å². The van der Waals surface area contributed by atoms with Gasteiger partial charge in [-0.3, -0.25) is 0 Å². The molecule has 0 spiro atoms. The van der Waals surface area contributed by atoms with Gasteiger partial charge in [-0.15, -0.1) is 0 Å². The molecule has 4 nitrogen and oxygen atoms in total. The summed E-state index contributed by atoms with van der Waals surface area (Å²) in [6.45, 7) is 3.15. The summed E-state index contributed by atoms with van der Waals surface area (Å²) < 4.78 is 27.2. The number of halogens is 1. The number of hydrogen-bond donors (Lipinski definition) is 1. The van der Waals surface area contributed by atoms with Gasteiger partial charge >= 0.3 is 0 Å². The molecule has 0 bridgehead atoms. The Morgan fingerprint density at radius 1 is 1.04 bits per heavy atom. The highest BCUT2D eigenvalue weighted by molar-refractivity contribution is 7.89. The first kappa shape index (κ1) is 17.6. The van der Waals surface area contributed by atoms with Crippen LogP contribution in [0.3, 0.4) is 0 Å². The number of aromatic nitrogens is 1. The van der Waals surface area contributed by atoms with Crippen molar-refractivity contribution < 1.29 is 8.42 Å². The highest BCUT2D eigenvalue weighted by Gasteiger charge is 2.30. The van der Waals surface area contributed by atoms with Gasteiger partial charge in [-0.1, -0.05) is 23.2 Å². The van der Waals surface area contributed by atoms with Crippen LogP contribution in [0.5, 0.6) is 0 Å². The van der Waals surface area contributed by atoms with Gasteiger partial charge in [0.1, 0.15) is 0 Å². The maximum atomic E-state index is 12.8. The molecule has 1 aliphatic heterocycles. The third-order valence-corrected chi connectivity index (χ3v) is 7.31. The number of benzene rings is 2. The van der Waals surface area contributed by atoms with Crippen LogP contribution in [0.2, 0.25) is 5.02 Å². The van der Waals surface area contributed by atoms with E-state index in [-0.39, 0.29) is 0 Å². The zero-order valence-corrected chi connectivity index (χ0v) is 16.1. The molecule has 0 radical (unpaired) electrons. The minimum absolute atomic E-state index is 0.307. The maximum absolute atomic E-state index is 12.8. The van der Waals surface area contributed by atoms with Crippen molar-refractivity contribution in [1.82, 2.24) is 9.29 Å². The van der Waals surface area contributed by atoms with E-state index in [1.54, 1.807) is 28.6 Å². The summed E-state index contributed by atoms with van der Waals surface area (Å²) in [7, 11) is -3.45. The fourth-order valence-corrected chi connectivity index (χ4v) is 5.25. The second-order valence-corrected chi connectivity index (χ2v) is 9.32. The summed E-state index contributed by atoms with van der Waals surface area (Å²) in [4.78, 5) is 3.81. The van der Waals surface area contributed by atoms with Crippen LogP contribution >= 0.6 is 11.6 Å². The highest BCUT2D eigenvalue weighted by Crippen LogP contribution is 2.32. The lowest BCUT2D eigenvalue weighted by molar-refractivity contribution is 0.317. The molecule has 26 heavy (non-hydrogen) atoms. The molecule has 136 valence electrons. The third kappa shape index (κ3) is 3.27. The lowest BCUT2D eigenvalue weighted by Gasteiger charge is -2.30. The van der Waals surface area contributed by atoms with Crippen molar-refractivity contribution in [2.24, 2.45) is 0 Å². The molecule has 2 heterocycles. The first-order chi connectivity index (χ1) is 12.4. The van der Waals surface area contributed by atoms with Crippen molar-refractivity contribution in [3.63, 3.8) is 0 Å². The molecule has 4 rings (SSSR count). The summed E-state index contributed by atoms with van der Waals surface area (Å²) in [5.74, 6) is 0.361. The number of fused-ring (bicyclic) bond motifs is 1. The van der Waals surface area contributed by atoms with E-state index >= 15 is 0 Å². The molecule has 0 aliphatic carbocycles. The van der Waals surface area contributed by atoms with Gasteiger partial charge in [-0.05, 0) is 67.6 Å². The minimum Gasteiger partial charge on any atom is -0.358 e. The summed E-state index contributed by atoms with van der Waals surface area (Å²) in [5.41, 5.74) is 3.59. The molecule has 0 unspecified atom stereocenters. The van der Waals surface area contributed by atoms with E-state index in [9.17, 15) is 8.42 Å². The summed E-state index contributed by atoms with van der Waals surface area (Å²) in [6.07, 6.45) is 1.64. The predicted octanol–water partition coefficient (Wildman–Crippen LogP) is 4.70. The second kappa shape index (κ2) is 6.72. The topological polar surface area (TPSA) is 53.2 Å². The first-order valence-corrected chi connectivity index (χ1v) is 10.6. The van der Waals surface area contributed by atoms with E-state index in [2.05, 4.69) is 36.2 Å². The van der Waals surface area contributed by atoms with Crippen molar-refractivity contribution in [3.05, 3.63) is 64.8 Å². The number of rotatable bonds is 3. The van der Waals surface area contributed by atoms with Crippen LogP contribution in [0, 0.1) is 6.92 Å². The second-order valence-electron chi connectivity index (χ2n) is 6.95. The Kier molecular flexibility index (Phi) is 4.55. The fraction of sp³-hybridized carbons (Fsp3) is 0.300. The average Bonchev–Trinajstić information content (AvgIpc) is 3.05. The number of piperidine rings is 1. The molecule has 3 aromatic rings. The molecular formula is C20H21ClN2O2S. The van der Waals surface area contributed by atoms with Crippen LogP contribution in [0.25, 0.3) is 10.9 Å². The normalized spacial score (nSPS) is 17.0. The summed E-state index contributed by atoms with van der Waals surface area (Å²) in [5, 5.41) is 1.76. The van der Waals surface area contributed by atoms with Crippen LogP contribution in [-0.4, -0.2) is 30.8 Å². The Morgan fingerprint density at radius 2 is 1.73 bits per heavy atom. The van der Waals surface area contributed by atoms with E-state index < -0.39 is 10.0 Å². The van der Waals surface area contributed by atoms with Gasteiger partial charge in [0.2, 0.25) is 10.0 Å². The summed E-state index contributed by atoms with van der Waals surface area (Å²) >= 11 is 5.87. The Morgan fingerprint density at radius 3 is 2.42 bits per heavy atom. The zero-order valence-electron chi connectivity index (χ0n) is 14.6. The molecule has 1 aliphatic rings. The van der Waals surface area contributed by atoms with E-state index in [0.29, 0.717) is 28.9 Å². The lowest BCUT2D eigenvalue weighted by Crippen LogP contribution is -2.37. The number of nitrogens with one attached hydrogen (secondary N) is 1. The molecule has 0 atom stereocenters. The maximum Gasteiger partial charge on any atom is 0.243 e. The molecule has 1 saturated heterocycles. The Bertz CT molecular complexity index is 1030. The number of sulfonamides is 1. The molecule has 0 saturated carbocycles. The molecular weight excluding hydrogens is 368 g/mol. The van der Waals surface area contributed by atoms with Gasteiger partial charge in [-0.25, -0.2) is 8.42 Å². The highest BCUT2D eigenvalue weighted by atomic mass is 35.5. The molecule has 6 heteroatoms. The standard InChI is InChI=1S/C20H21ClN2O2S/c1-14-2-7-19-16(12-14)13-20(22-19)15-8-10-23(11-9-15)26(24,25)18-5-3-17(21)4-6-18/h2-7,12-13,15,22H,8-11H2,1H3. The SMILES string of the molecule is Cc1ccc2[nH]c(C3CCN(S(=O)(=O)c4ccc(Cl)cc4)CC3)cc2c1. The van der Waals surface area contributed by atoms with Gasteiger partial charge in [0.05, 0.1) is 4.90 Å². The molecule has 1 N–H and O–H groups in total. The van der Waals surface area contributed by atoms with Crippen LogP contribution in [0.15, 0.2) is 53.4 Å². The number of aromatic amines is 1. The number of hydrogen-bond acceptors (Lipinski definition) is 2. The van der Waals surface area contributed by atoms with Gasteiger partial charge in [-0.2, -0.15) is 4.31 Å². The molecule has 2 aromatic carbocycles. The van der Waals surface area contributed by atoms with Gasteiger partial charge in [0.25, 0.3) is 0 Å². The van der Waals surface area contributed by atoms with Crippen LogP contribution in [-0.2, 0) is 10.0 Å². The number of nitrogens with zero attached hydrogens (tertiary/aromatic N) is 1. The van der Waals surface area contributed by atoms with E-state index in [4.69, 9.17) is 11.6 Å². The van der Waals surface area contributed by atoms with Crippen molar-refractivity contribution in [2.75, 3.05) is 13.1 Å². The Balaban J connectivity index is 1.50. The van der Waals surface area contributed by atoms with Crippen molar-refractivity contribution in [1.29, 1.82) is 0 Å². The van der Waals surface area contributed by atoms with Gasteiger partial charge in [0, 0.05) is 35.2 Å². The lowest BCUT2D eigenvalue weighted by atomic mass is 9.95. The average molecular weight is 389 g/mol. The third-order valence-electron chi connectivity index (χ3n) is 5.14. The zero-order chi connectivity index (χ0) is 18.3. The smallest absolute Gasteiger partial charge is 0.243 e. The van der Waals surface area contributed by atoms with Crippen LogP contribution in [0.4, 0.5) is 0 Å². The van der Waals surface area contributed by atoms with E-state index in [1.165, 1.54) is 16.6 Å². The van der Waals surface area contributed by atoms with Gasteiger partial charge < -0.3 is 4.98 Å². The number of aryl methyl sites for hydroxylation is 1. The van der Waals surface area contributed by atoms with Crippen LogP contribution in [0.1, 0.15) is 30.0 Å². The van der Waals surface area contributed by atoms with E-state index in [0.717, 1.165) is 18.4 Å². The minimum atomic E-state index is -3.45. The predicted molar refractivity (Wildman–Crippen MR) is 105 cm³/mol. The molecule has 1 aromatic heterocycles.